The van der Waals surface area contributed by atoms with Gasteiger partial charge in [-0.2, -0.15) is 8.78 Å². The molecule has 0 aromatic heterocycles. The number of ether oxygens (including phenoxy) is 1. The molecule has 2 N–H and O–H groups in total. The molecule has 0 bridgehead atoms. The van der Waals surface area contributed by atoms with Crippen LogP contribution in [0.25, 0.3) is 0 Å². The van der Waals surface area contributed by atoms with Crippen molar-refractivity contribution >= 4 is 0 Å². The maximum atomic E-state index is 13.6. The number of benzene rings is 2. The number of hydrogen-bond donors (Lipinski definition) is 2. The largest absolute Gasteiger partial charge is 0.435 e. The van der Waals surface area contributed by atoms with Crippen molar-refractivity contribution in [2.75, 3.05) is 6.54 Å². The number of alkyl halides is 2. The smallest absolute Gasteiger partial charge is 0.387 e. The van der Waals surface area contributed by atoms with Crippen LogP contribution in [0.4, 0.5) is 17.6 Å². The van der Waals surface area contributed by atoms with Gasteiger partial charge in [-0.1, -0.05) is 18.2 Å². The first-order chi connectivity index (χ1) is 11.4. The first-order valence-electron chi connectivity index (χ1n) is 7.28. The standard InChI is InChI=1S/C17H17F4NO2/c1-10(11-5-7-12(8-6-11)24-17(20)21)22-9-15(23)16-13(18)3-2-4-14(16)19/h2-8,10,15,17,22-23H,9H2,1H3. The van der Waals surface area contributed by atoms with E-state index in [0.29, 0.717) is 0 Å². The van der Waals surface area contributed by atoms with Gasteiger partial charge in [0.25, 0.3) is 0 Å². The lowest BCUT2D eigenvalue weighted by Gasteiger charge is -2.19. The monoisotopic (exact) mass is 343 g/mol. The number of rotatable bonds is 7. The van der Waals surface area contributed by atoms with Crippen molar-refractivity contribution in [3.05, 3.63) is 65.2 Å². The van der Waals surface area contributed by atoms with E-state index in [2.05, 4.69) is 10.1 Å². The third-order valence-electron chi connectivity index (χ3n) is 3.56. The van der Waals surface area contributed by atoms with Crippen LogP contribution < -0.4 is 10.1 Å². The first kappa shape index (κ1) is 18.2. The third kappa shape index (κ3) is 4.69. The molecule has 7 heteroatoms. The topological polar surface area (TPSA) is 41.5 Å². The molecule has 0 saturated heterocycles. The van der Waals surface area contributed by atoms with Gasteiger partial charge in [0.1, 0.15) is 17.4 Å². The van der Waals surface area contributed by atoms with Crippen molar-refractivity contribution in [1.82, 2.24) is 5.32 Å². The zero-order valence-electron chi connectivity index (χ0n) is 12.8. The minimum absolute atomic E-state index is 0.0365. The molecular weight excluding hydrogens is 326 g/mol. The number of aliphatic hydroxyl groups is 1. The van der Waals surface area contributed by atoms with Gasteiger partial charge >= 0.3 is 6.61 Å². The van der Waals surface area contributed by atoms with E-state index in [1.54, 1.807) is 19.1 Å². The molecule has 0 radical (unpaired) electrons. The quantitative estimate of drug-likeness (QED) is 0.748. The predicted molar refractivity (Wildman–Crippen MR) is 80.8 cm³/mol. The summed E-state index contributed by atoms with van der Waals surface area (Å²) in [7, 11) is 0. The number of halogens is 4. The summed E-state index contributed by atoms with van der Waals surface area (Å²) in [6.45, 7) is -1.20. The van der Waals surface area contributed by atoms with Crippen molar-refractivity contribution in [2.24, 2.45) is 0 Å². The Morgan fingerprint density at radius 3 is 2.17 bits per heavy atom. The van der Waals surface area contributed by atoms with Crippen LogP contribution >= 0.6 is 0 Å². The van der Waals surface area contributed by atoms with Gasteiger partial charge in [-0.05, 0) is 36.8 Å². The lowest BCUT2D eigenvalue weighted by Crippen LogP contribution is -2.25. The minimum atomic E-state index is -2.89. The molecule has 2 aromatic rings. The van der Waals surface area contributed by atoms with Crippen LogP contribution in [0.2, 0.25) is 0 Å². The molecule has 0 amide bonds. The Kier molecular flexibility index (Phi) is 6.16. The molecule has 130 valence electrons. The molecule has 0 saturated carbocycles. The minimum Gasteiger partial charge on any atom is -0.435 e. The maximum absolute atomic E-state index is 13.6. The molecule has 0 aliphatic rings. The second-order valence-corrected chi connectivity index (χ2v) is 5.23. The van der Waals surface area contributed by atoms with E-state index >= 15 is 0 Å². The van der Waals surface area contributed by atoms with Gasteiger partial charge in [0.15, 0.2) is 0 Å². The lowest BCUT2D eigenvalue weighted by atomic mass is 10.1. The Morgan fingerprint density at radius 2 is 1.62 bits per heavy atom. The fourth-order valence-corrected chi connectivity index (χ4v) is 2.28. The fraction of sp³-hybridized carbons (Fsp3) is 0.294. The van der Waals surface area contributed by atoms with E-state index < -0.39 is 29.9 Å². The maximum Gasteiger partial charge on any atom is 0.387 e. The highest BCUT2D eigenvalue weighted by atomic mass is 19.3. The summed E-state index contributed by atoms with van der Waals surface area (Å²) in [4.78, 5) is 0. The highest BCUT2D eigenvalue weighted by Gasteiger charge is 2.18. The SMILES string of the molecule is CC(NCC(O)c1c(F)cccc1F)c1ccc(OC(F)F)cc1. The predicted octanol–water partition coefficient (Wildman–Crippen LogP) is 3.95. The van der Waals surface area contributed by atoms with Crippen LogP contribution in [0.5, 0.6) is 5.75 Å². The zero-order chi connectivity index (χ0) is 17.7. The molecule has 24 heavy (non-hydrogen) atoms. The zero-order valence-corrected chi connectivity index (χ0v) is 12.8. The second-order valence-electron chi connectivity index (χ2n) is 5.23. The van der Waals surface area contributed by atoms with Crippen molar-refractivity contribution in [2.45, 2.75) is 25.7 Å². The van der Waals surface area contributed by atoms with Gasteiger partial charge in [0.2, 0.25) is 0 Å². The van der Waals surface area contributed by atoms with Crippen LogP contribution in [0, 0.1) is 11.6 Å². The molecule has 3 nitrogen and oxygen atoms in total. The summed E-state index contributed by atoms with van der Waals surface area (Å²) in [6.07, 6.45) is -1.35. The van der Waals surface area contributed by atoms with Gasteiger partial charge in [0, 0.05) is 12.6 Å². The molecule has 2 atom stereocenters. The van der Waals surface area contributed by atoms with Crippen LogP contribution in [0.3, 0.4) is 0 Å². The number of nitrogens with one attached hydrogen (secondary N) is 1. The summed E-state index contributed by atoms with van der Waals surface area (Å²) < 4.78 is 55.6. The van der Waals surface area contributed by atoms with E-state index in [4.69, 9.17) is 0 Å². The normalized spacial score (nSPS) is 13.8. The van der Waals surface area contributed by atoms with Crippen LogP contribution in [-0.2, 0) is 0 Å². The van der Waals surface area contributed by atoms with E-state index in [1.807, 2.05) is 0 Å². The van der Waals surface area contributed by atoms with Crippen LogP contribution in [0.1, 0.15) is 30.2 Å². The number of hydrogen-bond acceptors (Lipinski definition) is 3. The Bertz CT molecular complexity index is 644. The number of aliphatic hydroxyl groups excluding tert-OH is 1. The summed E-state index contributed by atoms with van der Waals surface area (Å²) in [5, 5.41) is 12.9. The highest BCUT2D eigenvalue weighted by molar-refractivity contribution is 5.29. The average molecular weight is 343 g/mol. The van der Waals surface area contributed by atoms with Crippen LogP contribution in [0.15, 0.2) is 42.5 Å². The molecule has 0 aliphatic carbocycles. The lowest BCUT2D eigenvalue weighted by molar-refractivity contribution is -0.0498. The summed E-state index contributed by atoms with van der Waals surface area (Å²) in [6, 6.07) is 9.07. The molecule has 2 unspecified atom stereocenters. The van der Waals surface area contributed by atoms with Crippen molar-refractivity contribution in [3.63, 3.8) is 0 Å². The van der Waals surface area contributed by atoms with Gasteiger partial charge in [-0.25, -0.2) is 8.78 Å². The van der Waals surface area contributed by atoms with E-state index in [-0.39, 0.29) is 18.3 Å². The molecule has 0 fully saturated rings. The highest BCUT2D eigenvalue weighted by Crippen LogP contribution is 2.22. The van der Waals surface area contributed by atoms with E-state index in [9.17, 15) is 22.7 Å². The van der Waals surface area contributed by atoms with Crippen LogP contribution in [-0.4, -0.2) is 18.3 Å². The summed E-state index contributed by atoms with van der Waals surface area (Å²) in [5.41, 5.74) is 0.357. The average Bonchev–Trinajstić information content (AvgIpc) is 2.52. The van der Waals surface area contributed by atoms with Gasteiger partial charge in [-0.15, -0.1) is 0 Å². The van der Waals surface area contributed by atoms with Gasteiger partial charge in [-0.3, -0.25) is 0 Å². The second kappa shape index (κ2) is 8.12. The van der Waals surface area contributed by atoms with E-state index in [1.165, 1.54) is 18.2 Å². The van der Waals surface area contributed by atoms with Gasteiger partial charge < -0.3 is 15.2 Å². The fourth-order valence-electron chi connectivity index (χ4n) is 2.28. The Balaban J connectivity index is 1.96. The molecule has 2 aromatic carbocycles. The Morgan fingerprint density at radius 1 is 1.04 bits per heavy atom. The molecule has 2 rings (SSSR count). The molecule has 0 aliphatic heterocycles. The van der Waals surface area contributed by atoms with Crippen molar-refractivity contribution < 1.29 is 27.4 Å². The van der Waals surface area contributed by atoms with Crippen molar-refractivity contribution in [3.8, 4) is 5.75 Å². The summed E-state index contributed by atoms with van der Waals surface area (Å²) in [5.74, 6) is -1.59. The molecular formula is C17H17F4NO2. The van der Waals surface area contributed by atoms with E-state index in [0.717, 1.165) is 17.7 Å². The van der Waals surface area contributed by atoms with Gasteiger partial charge in [0.05, 0.1) is 11.7 Å². The third-order valence-corrected chi connectivity index (χ3v) is 3.56. The molecule has 0 heterocycles. The first-order valence-corrected chi connectivity index (χ1v) is 7.28. The Labute approximate surface area is 136 Å². The van der Waals surface area contributed by atoms with Crippen molar-refractivity contribution in [1.29, 1.82) is 0 Å². The Hall–Kier alpha value is -2.12. The summed E-state index contributed by atoms with van der Waals surface area (Å²) >= 11 is 0. The molecule has 0 spiro atoms.